The zero-order chi connectivity index (χ0) is 32.2. The minimum atomic E-state index is -5.78. The van der Waals surface area contributed by atoms with Gasteiger partial charge in [-0.3, -0.25) is 4.90 Å². The van der Waals surface area contributed by atoms with Gasteiger partial charge in [0.05, 0.1) is 17.9 Å². The molecular formula is C33H38F3N3O5S. The first-order valence-electron chi connectivity index (χ1n) is 15.5. The summed E-state index contributed by atoms with van der Waals surface area (Å²) in [6, 6.07) is 10.7. The predicted octanol–water partition coefficient (Wildman–Crippen LogP) is 8.19. The van der Waals surface area contributed by atoms with Gasteiger partial charge in [0, 0.05) is 12.1 Å². The van der Waals surface area contributed by atoms with Crippen LogP contribution in [0.2, 0.25) is 0 Å². The Morgan fingerprint density at radius 2 is 1.67 bits per heavy atom. The Bertz CT molecular complexity index is 1690. The molecule has 2 aliphatic carbocycles. The minimum absolute atomic E-state index is 0.205. The van der Waals surface area contributed by atoms with Gasteiger partial charge in [-0.05, 0) is 99.5 Å². The van der Waals surface area contributed by atoms with Crippen molar-refractivity contribution in [3.05, 3.63) is 59.5 Å². The molecule has 1 amide bonds. The Kier molecular flexibility index (Phi) is 7.94. The van der Waals surface area contributed by atoms with Crippen LogP contribution >= 0.6 is 0 Å². The van der Waals surface area contributed by atoms with E-state index in [2.05, 4.69) is 14.2 Å². The number of halogens is 3. The van der Waals surface area contributed by atoms with Crippen LogP contribution in [-0.2, 0) is 26.7 Å². The number of hydrogen-bond donors (Lipinski definition) is 1. The molecule has 1 N–H and O–H groups in total. The van der Waals surface area contributed by atoms with Gasteiger partial charge in [-0.15, -0.1) is 0 Å². The van der Waals surface area contributed by atoms with Crippen LogP contribution in [0.25, 0.3) is 22.4 Å². The molecule has 8 nitrogen and oxygen atoms in total. The van der Waals surface area contributed by atoms with Crippen molar-refractivity contribution in [2.75, 3.05) is 6.54 Å². The molecule has 0 radical (unpaired) electrons. The highest BCUT2D eigenvalue weighted by Gasteiger charge is 2.50. The summed E-state index contributed by atoms with van der Waals surface area (Å²) in [6.07, 6.45) is 9.10. The number of rotatable bonds is 5. The zero-order valence-corrected chi connectivity index (χ0v) is 26.5. The molecule has 1 aliphatic heterocycles. The number of carbonyl (C=O) groups is 1. The van der Waals surface area contributed by atoms with E-state index in [1.807, 2.05) is 45.0 Å². The third kappa shape index (κ3) is 6.05. The number of aromatic amines is 1. The van der Waals surface area contributed by atoms with E-state index >= 15 is 0 Å². The minimum Gasteiger partial charge on any atom is -0.444 e. The van der Waals surface area contributed by atoms with Gasteiger partial charge in [-0.1, -0.05) is 43.2 Å². The van der Waals surface area contributed by atoms with Crippen molar-refractivity contribution >= 4 is 16.2 Å². The van der Waals surface area contributed by atoms with E-state index < -0.39 is 21.2 Å². The van der Waals surface area contributed by atoms with Gasteiger partial charge < -0.3 is 13.9 Å². The quantitative estimate of drug-likeness (QED) is 0.222. The number of amides is 1. The van der Waals surface area contributed by atoms with E-state index in [4.69, 9.17) is 4.74 Å². The summed E-state index contributed by atoms with van der Waals surface area (Å²) >= 11 is 0. The van der Waals surface area contributed by atoms with Gasteiger partial charge in [0.15, 0.2) is 0 Å². The molecule has 1 aromatic heterocycles. The Hall–Kier alpha value is -3.54. The lowest BCUT2D eigenvalue weighted by molar-refractivity contribution is -0.0500. The number of hydrogen-bond acceptors (Lipinski definition) is 6. The molecule has 3 aromatic rings. The molecule has 1 saturated carbocycles. The highest BCUT2D eigenvalue weighted by Crippen LogP contribution is 2.55. The first-order chi connectivity index (χ1) is 21.2. The van der Waals surface area contributed by atoms with Crippen LogP contribution < -0.4 is 4.18 Å². The summed E-state index contributed by atoms with van der Waals surface area (Å²) in [4.78, 5) is 22.7. The van der Waals surface area contributed by atoms with Crippen molar-refractivity contribution in [2.24, 2.45) is 0 Å². The molecule has 2 aromatic carbocycles. The fraction of sp³-hybridized carbons (Fsp3) is 0.515. The maximum absolute atomic E-state index is 13.2. The van der Waals surface area contributed by atoms with Gasteiger partial charge in [-0.25, -0.2) is 9.78 Å². The number of carbonyl (C=O) groups excluding carboxylic acids is 1. The largest absolute Gasteiger partial charge is 0.534 e. The lowest BCUT2D eigenvalue weighted by atomic mass is 9.77. The molecule has 3 aliphatic rings. The molecule has 1 atom stereocenters. The van der Waals surface area contributed by atoms with Crippen molar-refractivity contribution in [1.82, 2.24) is 14.9 Å². The number of benzene rings is 2. The number of imidazole rings is 1. The van der Waals surface area contributed by atoms with Crippen LogP contribution in [-0.4, -0.2) is 47.0 Å². The Morgan fingerprint density at radius 1 is 0.978 bits per heavy atom. The molecule has 12 heteroatoms. The molecule has 2 fully saturated rings. The van der Waals surface area contributed by atoms with Crippen LogP contribution in [0.15, 0.2) is 42.6 Å². The topological polar surface area (TPSA) is 102 Å². The van der Waals surface area contributed by atoms with Crippen molar-refractivity contribution in [2.45, 2.75) is 101 Å². The first kappa shape index (κ1) is 31.4. The van der Waals surface area contributed by atoms with Gasteiger partial charge in [0.2, 0.25) is 0 Å². The maximum atomic E-state index is 13.2. The average molecular weight is 646 g/mol. The molecule has 242 valence electrons. The molecule has 0 bridgehead atoms. The van der Waals surface area contributed by atoms with E-state index in [9.17, 15) is 26.4 Å². The summed E-state index contributed by atoms with van der Waals surface area (Å²) < 4.78 is 73.6. The van der Waals surface area contributed by atoms with E-state index in [1.165, 1.54) is 6.07 Å². The zero-order valence-electron chi connectivity index (χ0n) is 25.7. The molecule has 2 heterocycles. The number of nitrogens with zero attached hydrogens (tertiary/aromatic N) is 2. The Morgan fingerprint density at radius 3 is 2.33 bits per heavy atom. The fourth-order valence-electron chi connectivity index (χ4n) is 7.24. The lowest BCUT2D eigenvalue weighted by Crippen LogP contribution is -2.42. The highest BCUT2D eigenvalue weighted by atomic mass is 32.2. The van der Waals surface area contributed by atoms with Gasteiger partial charge in [0.1, 0.15) is 17.2 Å². The molecule has 6 rings (SSSR count). The number of piperidine rings is 1. The van der Waals surface area contributed by atoms with Crippen LogP contribution in [0.5, 0.6) is 5.75 Å². The summed E-state index contributed by atoms with van der Waals surface area (Å²) in [5.41, 5.74) is -1.40. The smallest absolute Gasteiger partial charge is 0.444 e. The van der Waals surface area contributed by atoms with Crippen molar-refractivity contribution in [3.8, 4) is 28.1 Å². The highest BCUT2D eigenvalue weighted by molar-refractivity contribution is 7.88. The van der Waals surface area contributed by atoms with Crippen LogP contribution in [0.3, 0.4) is 0 Å². The van der Waals surface area contributed by atoms with E-state index in [0.29, 0.717) is 24.4 Å². The molecular weight excluding hydrogens is 607 g/mol. The van der Waals surface area contributed by atoms with Crippen LogP contribution in [0.4, 0.5) is 18.0 Å². The van der Waals surface area contributed by atoms with E-state index in [1.54, 1.807) is 17.2 Å². The standard InChI is InChI=1S/C33H38F3N3O5S/c1-31(2,3)43-30(40)39-19-7-4-8-26(39)29-37-20-25(38-29)22-11-9-21(10-12-22)23-13-14-27(44-45(41,42)33(34,35)36)24-15-18-32(28(23)24)16-5-6-17-32/h9-14,20,26H,4-8,15-19H2,1-3H3,(H,37,38)/t26-/m0/s1. The normalized spacial score (nSPS) is 20.0. The van der Waals surface area contributed by atoms with Crippen LogP contribution in [0.1, 0.15) is 95.1 Å². The molecule has 1 spiro atoms. The number of H-pyrrole nitrogens is 1. The Labute approximate surface area is 261 Å². The summed E-state index contributed by atoms with van der Waals surface area (Å²) in [5.74, 6) is 0.463. The van der Waals surface area contributed by atoms with Gasteiger partial charge in [0.25, 0.3) is 0 Å². The van der Waals surface area contributed by atoms with Gasteiger partial charge >= 0.3 is 21.7 Å². The van der Waals surface area contributed by atoms with Crippen LogP contribution in [0, 0.1) is 0 Å². The van der Waals surface area contributed by atoms with Crippen molar-refractivity contribution < 1.29 is 35.3 Å². The maximum Gasteiger partial charge on any atom is 0.534 e. The number of likely N-dealkylation sites (tertiary alicyclic amines) is 1. The van der Waals surface area contributed by atoms with Crippen molar-refractivity contribution in [1.29, 1.82) is 0 Å². The third-order valence-corrected chi connectivity index (χ3v) is 10.2. The number of ether oxygens (including phenoxy) is 1. The number of fused-ring (bicyclic) bond motifs is 2. The Balaban J connectivity index is 1.29. The van der Waals surface area contributed by atoms with Crippen molar-refractivity contribution in [3.63, 3.8) is 0 Å². The third-order valence-electron chi connectivity index (χ3n) is 9.25. The van der Waals surface area contributed by atoms with Gasteiger partial charge in [-0.2, -0.15) is 21.6 Å². The fourth-order valence-corrected chi connectivity index (χ4v) is 7.73. The second-order valence-corrected chi connectivity index (χ2v) is 14.9. The monoisotopic (exact) mass is 645 g/mol. The second kappa shape index (κ2) is 11.4. The van der Waals surface area contributed by atoms with E-state index in [0.717, 1.165) is 79.3 Å². The number of alkyl halides is 3. The molecule has 0 unspecified atom stereocenters. The molecule has 45 heavy (non-hydrogen) atoms. The number of aromatic nitrogens is 2. The van der Waals surface area contributed by atoms with E-state index in [-0.39, 0.29) is 23.3 Å². The molecule has 1 saturated heterocycles. The first-order valence-corrected chi connectivity index (χ1v) is 16.9. The summed E-state index contributed by atoms with van der Waals surface area (Å²) in [6.45, 7) is 6.14. The number of nitrogens with one attached hydrogen (secondary N) is 1. The second-order valence-electron chi connectivity index (χ2n) is 13.4. The summed E-state index contributed by atoms with van der Waals surface area (Å²) in [5, 5.41) is 0. The SMILES string of the molecule is CC(C)(C)OC(=O)N1CCCC[C@H]1c1ncc(-c2ccc(-c3ccc(OS(=O)(=O)C(F)(F)F)c4c3C3(CCCC3)CC4)cc2)[nH]1. The predicted molar refractivity (Wildman–Crippen MR) is 163 cm³/mol. The average Bonchev–Trinajstić information content (AvgIpc) is 3.74. The summed E-state index contributed by atoms with van der Waals surface area (Å²) in [7, 11) is -5.78. The lowest BCUT2D eigenvalue weighted by Gasteiger charge is -2.35.